The molecule has 0 atom stereocenters. The van der Waals surface area contributed by atoms with Crippen LogP contribution in [0.15, 0.2) is 0 Å². The third-order valence-electron chi connectivity index (χ3n) is 0. The quantitative estimate of drug-likeness (QED) is 0.395. The van der Waals surface area contributed by atoms with Crippen LogP contribution in [0, 0.1) is 0 Å². The van der Waals surface area contributed by atoms with Gasteiger partial charge in [0.2, 0.25) is 0 Å². The van der Waals surface area contributed by atoms with Gasteiger partial charge in [0.15, 0.2) is 0 Å². The van der Waals surface area contributed by atoms with Gasteiger partial charge in [0, 0.05) is 0 Å². The molecule has 0 aliphatic heterocycles. The normalized spacial score (nSPS) is 7.25. The summed E-state index contributed by atoms with van der Waals surface area (Å²) in [6.07, 6.45) is 0. The fraction of sp³-hybridized carbons (Fsp3) is 0. The van der Waals surface area contributed by atoms with Crippen LogP contribution in [0.25, 0.3) is 0 Å². The van der Waals surface area contributed by atoms with Gasteiger partial charge in [-0.2, -0.15) is 0 Å². The van der Waals surface area contributed by atoms with Crippen molar-refractivity contribution in [3.63, 3.8) is 0 Å². The summed E-state index contributed by atoms with van der Waals surface area (Å²) in [5.41, 5.74) is 0. The van der Waals surface area contributed by atoms with Crippen LogP contribution in [0.5, 0.6) is 0 Å². The topological polar surface area (TPSA) is 169 Å². The van der Waals surface area contributed by atoms with E-state index in [0.717, 1.165) is 0 Å². The van der Waals surface area contributed by atoms with Gasteiger partial charge in [0.05, 0.1) is 0 Å². The number of hydrogen-bond acceptors (Lipinski definition) is 2. The van der Waals surface area contributed by atoms with Crippen LogP contribution >= 0.6 is 0 Å². The summed E-state index contributed by atoms with van der Waals surface area (Å²) >= 11 is -5.52. The van der Waals surface area contributed by atoms with Crippen LogP contribution in [-0.4, -0.2) is 23.9 Å². The van der Waals surface area contributed by atoms with E-state index in [4.69, 9.17) is 14.3 Å². The van der Waals surface area contributed by atoms with Crippen molar-refractivity contribution < 1.29 is 47.5 Å². The van der Waals surface area contributed by atoms with Gasteiger partial charge in [-0.1, -0.05) is 0 Å². The van der Waals surface area contributed by atoms with E-state index in [0.29, 0.717) is 0 Å². The fourth-order valence-electron chi connectivity index (χ4n) is 0. The van der Waals surface area contributed by atoms with E-state index in [-0.39, 0.29) is 16.4 Å². The molecule has 8 N–H and O–H groups in total. The van der Waals surface area contributed by atoms with Gasteiger partial charge in [-0.15, -0.1) is 0 Å². The van der Waals surface area contributed by atoms with Crippen molar-refractivity contribution in [1.82, 2.24) is 0 Å². The van der Waals surface area contributed by atoms with Crippen LogP contribution in [-0.2, 0) is 23.5 Å². The Hall–Kier alpha value is 0.0883. The van der Waals surface area contributed by atoms with Gasteiger partial charge in [-0.3, -0.25) is 0 Å². The molecule has 0 saturated heterocycles. The minimum absolute atomic E-state index is 0. The van der Waals surface area contributed by atoms with Crippen molar-refractivity contribution in [2.45, 2.75) is 0 Å². The average Bonchev–Trinajstić information content (AvgIpc) is 0.722. The van der Waals surface area contributed by atoms with Gasteiger partial charge in [-0.25, -0.2) is 0 Å². The van der Waals surface area contributed by atoms with Crippen LogP contribution in [0.4, 0.5) is 0 Å². The minimum atomic E-state index is -5.52. The van der Waals surface area contributed by atoms with Crippen LogP contribution in [0.3, 0.4) is 0 Å². The van der Waals surface area contributed by atoms with E-state index in [1.165, 1.54) is 0 Å². The second-order valence-corrected chi connectivity index (χ2v) is 2.65. The molecule has 0 fully saturated rings. The third kappa shape index (κ3) is 20200. The Morgan fingerprint density at radius 1 is 0.875 bits per heavy atom. The summed E-state index contributed by atoms with van der Waals surface area (Å²) in [6, 6.07) is 0. The molecule has 0 heterocycles. The maximum atomic E-state index is 8.85. The number of hydrogen-bond donors (Lipinski definition) is 2. The van der Waals surface area contributed by atoms with Crippen LogP contribution in [0.1, 0.15) is 0 Å². The van der Waals surface area contributed by atoms with E-state index in [1.54, 1.807) is 0 Å². The van der Waals surface area contributed by atoms with Crippen molar-refractivity contribution >= 4 is 0 Å². The van der Waals surface area contributed by atoms with Crippen LogP contribution < -0.4 is 0 Å². The van der Waals surface area contributed by atoms with Crippen LogP contribution in [0.2, 0.25) is 0 Å². The molecule has 0 aliphatic rings. The molecular weight excluding hydrogens is 208 g/mol. The molecule has 0 saturated carbocycles. The summed E-state index contributed by atoms with van der Waals surface area (Å²) in [5.74, 6) is 0. The van der Waals surface area contributed by atoms with Crippen molar-refractivity contribution in [2.24, 2.45) is 0 Å². The van der Waals surface area contributed by atoms with Crippen molar-refractivity contribution in [1.29, 1.82) is 0 Å². The molecule has 7 nitrogen and oxygen atoms in total. The first-order valence-electron chi connectivity index (χ1n) is 0.698. The zero-order chi connectivity index (χ0) is 4.50. The molecule has 0 bridgehead atoms. The molecule has 0 unspecified atom stereocenters. The second-order valence-electron chi connectivity index (χ2n) is 0.448. The number of rotatable bonds is 0. The van der Waals surface area contributed by atoms with Gasteiger partial charge in [0.25, 0.3) is 0 Å². The zero-order valence-electron chi connectivity index (χ0n) is 3.62. The zero-order valence-corrected chi connectivity index (χ0v) is 5.63. The van der Waals surface area contributed by atoms with Gasteiger partial charge < -0.3 is 16.4 Å². The first kappa shape index (κ1) is 24.3. The Morgan fingerprint density at radius 3 is 0.875 bits per heavy atom. The van der Waals surface area contributed by atoms with Gasteiger partial charge in [-0.05, 0) is 0 Å². The molecule has 8 heteroatoms. The average molecular weight is 216 g/mol. The first-order chi connectivity index (χ1) is 2.00. The summed E-state index contributed by atoms with van der Waals surface area (Å²) in [4.78, 5) is 0. The molecular formula is H8MoO7. The van der Waals surface area contributed by atoms with E-state index in [9.17, 15) is 0 Å². The Bertz CT molecular complexity index is 87.6. The summed E-state index contributed by atoms with van der Waals surface area (Å²) in [6.45, 7) is 0. The predicted octanol–water partition coefficient (Wildman–Crippen LogP) is -3.83. The molecule has 8 heavy (non-hydrogen) atoms. The monoisotopic (exact) mass is 218 g/mol. The Morgan fingerprint density at radius 2 is 0.875 bits per heavy atom. The summed E-state index contributed by atoms with van der Waals surface area (Å²) in [5, 5.41) is 0. The molecule has 0 aromatic rings. The molecule has 0 radical (unpaired) electrons. The van der Waals surface area contributed by atoms with Gasteiger partial charge in [0.1, 0.15) is 0 Å². The SMILES string of the molecule is O.O.O.[O]=[Mo](=[O])([OH])[OH]. The van der Waals surface area contributed by atoms with E-state index < -0.39 is 16.7 Å². The van der Waals surface area contributed by atoms with E-state index >= 15 is 0 Å². The molecule has 0 aromatic carbocycles. The summed E-state index contributed by atoms with van der Waals surface area (Å²) in [7, 11) is 0. The van der Waals surface area contributed by atoms with E-state index in [1.807, 2.05) is 0 Å². The standard InChI is InChI=1S/Mo.5H2O.2O/h;5*1H2;;/q+2;;;;;;;/p-2. The Balaban J connectivity index is -0.0000000267. The van der Waals surface area contributed by atoms with Crippen molar-refractivity contribution in [2.75, 3.05) is 0 Å². The predicted molar refractivity (Wildman–Crippen MR) is 16.7 cm³/mol. The first-order valence-corrected chi connectivity index (χ1v) is 4.13. The summed E-state index contributed by atoms with van der Waals surface area (Å²) < 4.78 is 32.0. The molecule has 0 aliphatic carbocycles. The Kier molecular flexibility index (Phi) is 21.5. The fourth-order valence-corrected chi connectivity index (χ4v) is 0. The molecule has 0 amide bonds. The Labute approximate surface area is 48.2 Å². The maximum absolute atomic E-state index is 8.85. The molecule has 0 aromatic heterocycles. The second kappa shape index (κ2) is 7.09. The van der Waals surface area contributed by atoms with Crippen molar-refractivity contribution in [3.8, 4) is 0 Å². The molecule has 56 valence electrons. The van der Waals surface area contributed by atoms with Crippen molar-refractivity contribution in [3.05, 3.63) is 0 Å². The third-order valence-corrected chi connectivity index (χ3v) is 0. The molecule has 0 spiro atoms. The van der Waals surface area contributed by atoms with E-state index in [2.05, 4.69) is 0 Å². The van der Waals surface area contributed by atoms with Gasteiger partial charge >= 0.3 is 31.1 Å². The molecule has 0 rings (SSSR count).